The number of hydrogen-bond donors (Lipinski definition) is 2. The van der Waals surface area contributed by atoms with Gasteiger partial charge in [-0.15, -0.1) is 0 Å². The van der Waals surface area contributed by atoms with Crippen molar-refractivity contribution in [3.8, 4) is 0 Å². The van der Waals surface area contributed by atoms with Crippen molar-refractivity contribution in [2.45, 2.75) is 18.9 Å². The van der Waals surface area contributed by atoms with Crippen LogP contribution in [0.2, 0.25) is 0 Å². The minimum atomic E-state index is 0.154. The number of anilines is 1. The highest BCUT2D eigenvalue weighted by Gasteiger charge is 2.11. The molecule has 0 aliphatic heterocycles. The summed E-state index contributed by atoms with van der Waals surface area (Å²) < 4.78 is 1.91. The smallest absolute Gasteiger partial charge is 0.0492 e. The van der Waals surface area contributed by atoms with Crippen molar-refractivity contribution in [2.75, 3.05) is 19.0 Å². The van der Waals surface area contributed by atoms with Gasteiger partial charge in [0, 0.05) is 44.8 Å². The van der Waals surface area contributed by atoms with E-state index in [9.17, 15) is 0 Å². The lowest BCUT2D eigenvalue weighted by Gasteiger charge is -2.18. The van der Waals surface area contributed by atoms with Crippen molar-refractivity contribution in [3.05, 3.63) is 47.8 Å². The lowest BCUT2D eigenvalue weighted by Crippen LogP contribution is -2.28. The summed E-state index contributed by atoms with van der Waals surface area (Å²) in [7, 11) is 6.04. The summed E-state index contributed by atoms with van der Waals surface area (Å²) in [5.41, 5.74) is 6.52. The zero-order valence-electron chi connectivity index (χ0n) is 12.4. The Morgan fingerprint density at radius 2 is 1.95 bits per heavy atom. The average molecular weight is 273 g/mol. The highest BCUT2D eigenvalue weighted by atomic mass is 15.3. The van der Waals surface area contributed by atoms with Gasteiger partial charge >= 0.3 is 0 Å². The van der Waals surface area contributed by atoms with Crippen LogP contribution in [0, 0.1) is 0 Å². The Hall–Kier alpha value is -1.85. The Morgan fingerprint density at radius 1 is 1.25 bits per heavy atom. The monoisotopic (exact) mass is 273 g/mol. The van der Waals surface area contributed by atoms with Gasteiger partial charge in [0.2, 0.25) is 0 Å². The molecule has 2 aromatic rings. The Labute approximate surface area is 120 Å². The molecule has 3 N–H and O–H groups in total. The molecular weight excluding hydrogens is 250 g/mol. The molecule has 20 heavy (non-hydrogen) atoms. The molecule has 0 saturated heterocycles. The first-order chi connectivity index (χ1) is 9.61. The molecule has 2 rings (SSSR count). The van der Waals surface area contributed by atoms with E-state index in [1.807, 2.05) is 38.1 Å². The first kappa shape index (κ1) is 14.6. The van der Waals surface area contributed by atoms with Crippen molar-refractivity contribution >= 4 is 5.69 Å². The molecule has 5 heteroatoms. The fraction of sp³-hybridized carbons (Fsp3) is 0.400. The van der Waals surface area contributed by atoms with Crippen LogP contribution in [0.15, 0.2) is 36.5 Å². The highest BCUT2D eigenvalue weighted by Crippen LogP contribution is 2.21. The van der Waals surface area contributed by atoms with Crippen LogP contribution >= 0.6 is 0 Å². The highest BCUT2D eigenvalue weighted by molar-refractivity contribution is 5.46. The molecular formula is C15H23N5. The number of aromatic nitrogens is 2. The molecule has 0 aliphatic carbocycles. The van der Waals surface area contributed by atoms with E-state index >= 15 is 0 Å². The van der Waals surface area contributed by atoms with E-state index in [2.05, 4.69) is 39.7 Å². The number of nitrogens with two attached hydrogens (primary N) is 1. The third-order valence-electron chi connectivity index (χ3n) is 3.62. The van der Waals surface area contributed by atoms with E-state index in [-0.39, 0.29) is 6.04 Å². The van der Waals surface area contributed by atoms with Gasteiger partial charge in [-0.1, -0.05) is 12.1 Å². The Balaban J connectivity index is 2.02. The van der Waals surface area contributed by atoms with Gasteiger partial charge in [-0.3, -0.25) is 16.0 Å². The van der Waals surface area contributed by atoms with Gasteiger partial charge in [0.15, 0.2) is 0 Å². The maximum atomic E-state index is 5.70. The standard InChI is InChI=1S/C15H23N5/c1-19(2)13-6-4-12(5-7-13)15(18-16)9-8-14-10-11-17-20(14)3/h4-7,10-11,15,18H,8-9,16H2,1-3H3. The van der Waals surface area contributed by atoms with Crippen molar-refractivity contribution in [1.82, 2.24) is 15.2 Å². The molecule has 0 spiro atoms. The Bertz CT molecular complexity index is 529. The quantitative estimate of drug-likeness (QED) is 0.620. The van der Waals surface area contributed by atoms with Gasteiger partial charge in [0.05, 0.1) is 0 Å². The van der Waals surface area contributed by atoms with Crippen molar-refractivity contribution in [3.63, 3.8) is 0 Å². The Morgan fingerprint density at radius 3 is 2.45 bits per heavy atom. The zero-order chi connectivity index (χ0) is 14.5. The second-order valence-electron chi connectivity index (χ2n) is 5.19. The molecule has 1 heterocycles. The maximum Gasteiger partial charge on any atom is 0.0492 e. The van der Waals surface area contributed by atoms with Crippen molar-refractivity contribution in [2.24, 2.45) is 12.9 Å². The van der Waals surface area contributed by atoms with Gasteiger partial charge in [-0.2, -0.15) is 5.10 Å². The topological polar surface area (TPSA) is 59.1 Å². The molecule has 0 amide bonds. The van der Waals surface area contributed by atoms with Crippen LogP contribution in [0.4, 0.5) is 5.69 Å². The normalized spacial score (nSPS) is 12.4. The van der Waals surface area contributed by atoms with Crippen molar-refractivity contribution < 1.29 is 0 Å². The number of aryl methyl sites for hydroxylation is 2. The summed E-state index contributed by atoms with van der Waals surface area (Å²) in [6, 6.07) is 10.7. The minimum Gasteiger partial charge on any atom is -0.378 e. The molecule has 5 nitrogen and oxygen atoms in total. The summed E-state index contributed by atoms with van der Waals surface area (Å²) >= 11 is 0. The van der Waals surface area contributed by atoms with Gasteiger partial charge < -0.3 is 4.90 Å². The second kappa shape index (κ2) is 6.54. The van der Waals surface area contributed by atoms with E-state index < -0.39 is 0 Å². The fourth-order valence-electron chi connectivity index (χ4n) is 2.29. The predicted molar refractivity (Wildman–Crippen MR) is 82.4 cm³/mol. The molecule has 0 radical (unpaired) electrons. The summed E-state index contributed by atoms with van der Waals surface area (Å²) in [5.74, 6) is 5.70. The van der Waals surface area contributed by atoms with E-state index in [0.717, 1.165) is 12.8 Å². The molecule has 0 saturated carbocycles. The fourth-order valence-corrected chi connectivity index (χ4v) is 2.29. The van der Waals surface area contributed by atoms with E-state index in [1.165, 1.54) is 16.9 Å². The summed E-state index contributed by atoms with van der Waals surface area (Å²) in [6.07, 6.45) is 3.71. The molecule has 0 bridgehead atoms. The minimum absolute atomic E-state index is 0.154. The molecule has 1 unspecified atom stereocenters. The van der Waals surface area contributed by atoms with Gasteiger partial charge in [0.25, 0.3) is 0 Å². The first-order valence-electron chi connectivity index (χ1n) is 6.82. The predicted octanol–water partition coefficient (Wildman–Crippen LogP) is 1.62. The van der Waals surface area contributed by atoms with Crippen LogP contribution in [0.1, 0.15) is 23.7 Å². The maximum absolute atomic E-state index is 5.70. The van der Waals surface area contributed by atoms with Crippen LogP contribution in [0.25, 0.3) is 0 Å². The van der Waals surface area contributed by atoms with Crippen LogP contribution in [0.5, 0.6) is 0 Å². The number of nitrogens with zero attached hydrogens (tertiary/aromatic N) is 3. The lowest BCUT2D eigenvalue weighted by molar-refractivity contribution is 0.507. The largest absolute Gasteiger partial charge is 0.378 e. The lowest BCUT2D eigenvalue weighted by atomic mass is 10.0. The number of nitrogens with one attached hydrogen (secondary N) is 1. The number of hydrogen-bond acceptors (Lipinski definition) is 4. The molecule has 0 fully saturated rings. The molecule has 1 aromatic carbocycles. The van der Waals surface area contributed by atoms with Crippen LogP contribution in [-0.4, -0.2) is 23.9 Å². The Kier molecular flexibility index (Phi) is 4.76. The average Bonchev–Trinajstić information content (AvgIpc) is 2.85. The second-order valence-corrected chi connectivity index (χ2v) is 5.19. The zero-order valence-corrected chi connectivity index (χ0v) is 12.4. The summed E-state index contributed by atoms with van der Waals surface area (Å²) in [6.45, 7) is 0. The van der Waals surface area contributed by atoms with Gasteiger partial charge in [-0.25, -0.2) is 0 Å². The van der Waals surface area contributed by atoms with Crippen LogP contribution in [0.3, 0.4) is 0 Å². The third-order valence-corrected chi connectivity index (χ3v) is 3.62. The molecule has 108 valence electrons. The molecule has 0 aliphatic rings. The number of rotatable bonds is 6. The molecule has 1 atom stereocenters. The van der Waals surface area contributed by atoms with Gasteiger partial charge in [0.1, 0.15) is 0 Å². The molecule has 1 aromatic heterocycles. The van der Waals surface area contributed by atoms with Crippen molar-refractivity contribution in [1.29, 1.82) is 0 Å². The van der Waals surface area contributed by atoms with E-state index in [4.69, 9.17) is 5.84 Å². The van der Waals surface area contributed by atoms with E-state index in [1.54, 1.807) is 0 Å². The van der Waals surface area contributed by atoms with Crippen LogP contribution in [-0.2, 0) is 13.5 Å². The summed E-state index contributed by atoms with van der Waals surface area (Å²) in [4.78, 5) is 2.09. The van der Waals surface area contributed by atoms with E-state index in [0.29, 0.717) is 0 Å². The third kappa shape index (κ3) is 3.37. The SMILES string of the molecule is CN(C)c1ccc(C(CCc2ccnn2C)NN)cc1. The number of hydrazine groups is 1. The first-order valence-corrected chi connectivity index (χ1v) is 6.82. The summed E-state index contributed by atoms with van der Waals surface area (Å²) in [5, 5.41) is 4.18. The van der Waals surface area contributed by atoms with Crippen LogP contribution < -0.4 is 16.2 Å². The van der Waals surface area contributed by atoms with Gasteiger partial charge in [-0.05, 0) is 36.6 Å². The number of benzene rings is 1.